The van der Waals surface area contributed by atoms with Crippen LogP contribution in [0.1, 0.15) is 27.6 Å². The minimum Gasteiger partial charge on any atom is -0.478 e. The van der Waals surface area contributed by atoms with Gasteiger partial charge in [0, 0.05) is 7.05 Å². The van der Waals surface area contributed by atoms with Crippen LogP contribution in [0.4, 0.5) is 0 Å². The van der Waals surface area contributed by atoms with E-state index in [9.17, 15) is 18.3 Å². The fourth-order valence-electron chi connectivity index (χ4n) is 2.12. The zero-order chi connectivity index (χ0) is 16.7. The molecule has 0 spiro atoms. The lowest BCUT2D eigenvalue weighted by Crippen LogP contribution is -2.28. The number of halogens is 1. The van der Waals surface area contributed by atoms with Gasteiger partial charge in [-0.25, -0.2) is 13.2 Å². The summed E-state index contributed by atoms with van der Waals surface area (Å²) in [6, 6.07) is 3.27. The number of carbonyl (C=O) groups is 1. The number of hydrogen-bond acceptors (Lipinski definition) is 5. The van der Waals surface area contributed by atoms with Gasteiger partial charge in [0.15, 0.2) is 4.67 Å². The maximum atomic E-state index is 12.7. The molecule has 22 heavy (non-hydrogen) atoms. The van der Waals surface area contributed by atoms with Crippen LogP contribution in [0, 0.1) is 13.8 Å². The van der Waals surface area contributed by atoms with E-state index >= 15 is 0 Å². The predicted molar refractivity (Wildman–Crippen MR) is 80.2 cm³/mol. The number of aromatic carboxylic acids is 1. The number of aryl methyl sites for hydroxylation is 2. The average Bonchev–Trinajstić information content (AvgIpc) is 2.92. The van der Waals surface area contributed by atoms with E-state index in [2.05, 4.69) is 15.9 Å². The largest absolute Gasteiger partial charge is 0.478 e. The van der Waals surface area contributed by atoms with Gasteiger partial charge in [-0.15, -0.1) is 0 Å². The molecule has 0 saturated carbocycles. The Morgan fingerprint density at radius 3 is 2.41 bits per heavy atom. The summed E-state index contributed by atoms with van der Waals surface area (Å²) in [4.78, 5) is 11.0. The molecule has 2 aromatic heterocycles. The van der Waals surface area contributed by atoms with Gasteiger partial charge in [-0.1, -0.05) is 0 Å². The van der Waals surface area contributed by atoms with Crippen molar-refractivity contribution in [2.75, 3.05) is 7.05 Å². The van der Waals surface area contributed by atoms with Crippen molar-refractivity contribution in [1.82, 2.24) is 4.31 Å². The molecular formula is C13H14BrNO6S. The smallest absolute Gasteiger partial charge is 0.340 e. The molecule has 0 aliphatic rings. The summed E-state index contributed by atoms with van der Waals surface area (Å²) < 4.78 is 37.3. The van der Waals surface area contributed by atoms with Gasteiger partial charge in [-0.05, 0) is 41.9 Å². The number of nitrogens with zero attached hydrogens (tertiary/aromatic N) is 1. The molecule has 0 aliphatic heterocycles. The number of carboxylic acids is 1. The van der Waals surface area contributed by atoms with Gasteiger partial charge in [-0.3, -0.25) is 0 Å². The lowest BCUT2D eigenvalue weighted by atomic mass is 10.2. The van der Waals surface area contributed by atoms with Crippen molar-refractivity contribution in [3.05, 3.63) is 39.6 Å². The molecule has 2 aromatic rings. The van der Waals surface area contributed by atoms with Gasteiger partial charge in [0.25, 0.3) is 0 Å². The molecule has 2 rings (SSSR count). The molecule has 0 saturated heterocycles. The Bertz CT molecular complexity index is 820. The number of carboxylic acid groups (broad SMARTS) is 1. The Hall–Kier alpha value is -1.58. The van der Waals surface area contributed by atoms with E-state index in [1.165, 1.54) is 20.9 Å². The van der Waals surface area contributed by atoms with Crippen molar-refractivity contribution in [3.63, 3.8) is 0 Å². The van der Waals surface area contributed by atoms with Crippen LogP contribution in [-0.2, 0) is 16.6 Å². The molecule has 9 heteroatoms. The Balaban J connectivity index is 2.44. The van der Waals surface area contributed by atoms with Crippen LogP contribution in [0.5, 0.6) is 0 Å². The lowest BCUT2D eigenvalue weighted by Gasteiger charge is -2.16. The van der Waals surface area contributed by atoms with Crippen LogP contribution in [0.15, 0.2) is 30.5 Å². The third-order valence-corrected chi connectivity index (χ3v) is 5.48. The van der Waals surface area contributed by atoms with Crippen LogP contribution in [-0.4, -0.2) is 30.8 Å². The SMILES string of the molecule is Cc1oc(C)c(S(=O)(=O)N(C)Cc2ccc(Br)o2)c1C(=O)O. The van der Waals surface area contributed by atoms with Gasteiger partial charge >= 0.3 is 5.97 Å². The molecule has 120 valence electrons. The summed E-state index contributed by atoms with van der Waals surface area (Å²) in [5.74, 6) is -0.824. The summed E-state index contributed by atoms with van der Waals surface area (Å²) >= 11 is 3.14. The first-order chi connectivity index (χ1) is 10.1. The Morgan fingerprint density at radius 1 is 1.27 bits per heavy atom. The van der Waals surface area contributed by atoms with E-state index in [0.717, 1.165) is 4.31 Å². The van der Waals surface area contributed by atoms with Crippen molar-refractivity contribution in [1.29, 1.82) is 0 Å². The maximum absolute atomic E-state index is 12.7. The molecule has 7 nitrogen and oxygen atoms in total. The summed E-state index contributed by atoms with van der Waals surface area (Å²) in [5.41, 5.74) is -0.343. The normalized spacial score (nSPS) is 12.0. The number of sulfonamides is 1. The van der Waals surface area contributed by atoms with E-state index in [1.807, 2.05) is 0 Å². The predicted octanol–water partition coefficient (Wildman–Crippen LogP) is 2.77. The van der Waals surface area contributed by atoms with Crippen LogP contribution in [0.25, 0.3) is 0 Å². The number of rotatable bonds is 5. The van der Waals surface area contributed by atoms with Crippen LogP contribution in [0.3, 0.4) is 0 Å². The molecule has 0 radical (unpaired) electrons. The van der Waals surface area contributed by atoms with Gasteiger partial charge < -0.3 is 13.9 Å². The standard InChI is InChI=1S/C13H14BrNO6S/c1-7-11(13(16)17)12(8(2)20-7)22(18,19)15(3)6-9-4-5-10(14)21-9/h4-5H,6H2,1-3H3,(H,16,17). The van der Waals surface area contributed by atoms with E-state index in [-0.39, 0.29) is 28.5 Å². The highest BCUT2D eigenvalue weighted by atomic mass is 79.9. The molecule has 0 aromatic carbocycles. The fraction of sp³-hybridized carbons (Fsp3) is 0.308. The molecule has 0 aliphatic carbocycles. The Kier molecular flexibility index (Phi) is 4.50. The van der Waals surface area contributed by atoms with Crippen LogP contribution < -0.4 is 0 Å². The highest BCUT2D eigenvalue weighted by Gasteiger charge is 2.34. The molecular weight excluding hydrogens is 378 g/mol. The molecule has 0 unspecified atom stereocenters. The highest BCUT2D eigenvalue weighted by molar-refractivity contribution is 9.10. The van der Waals surface area contributed by atoms with Crippen molar-refractivity contribution in [3.8, 4) is 0 Å². The minimum absolute atomic E-state index is 0.0311. The summed E-state index contributed by atoms with van der Waals surface area (Å²) in [7, 11) is -2.68. The third kappa shape index (κ3) is 2.96. The zero-order valence-electron chi connectivity index (χ0n) is 12.1. The summed E-state index contributed by atoms with van der Waals surface area (Å²) in [6.45, 7) is 2.80. The van der Waals surface area contributed by atoms with Crippen molar-refractivity contribution >= 4 is 31.9 Å². The van der Waals surface area contributed by atoms with Crippen LogP contribution >= 0.6 is 15.9 Å². The second kappa shape index (κ2) is 5.90. The van der Waals surface area contributed by atoms with Crippen molar-refractivity contribution in [2.24, 2.45) is 0 Å². The van der Waals surface area contributed by atoms with Gasteiger partial charge in [0.1, 0.15) is 27.7 Å². The molecule has 1 N–H and O–H groups in total. The minimum atomic E-state index is -4.03. The van der Waals surface area contributed by atoms with Crippen molar-refractivity contribution < 1.29 is 27.2 Å². The van der Waals surface area contributed by atoms with Gasteiger partial charge in [0.05, 0.1) is 6.54 Å². The quantitative estimate of drug-likeness (QED) is 0.840. The Labute approximate surface area is 135 Å². The Morgan fingerprint density at radius 2 is 1.91 bits per heavy atom. The van der Waals surface area contributed by atoms with Crippen LogP contribution in [0.2, 0.25) is 0 Å². The zero-order valence-corrected chi connectivity index (χ0v) is 14.5. The number of furan rings is 2. The van der Waals surface area contributed by atoms with Gasteiger partial charge in [-0.2, -0.15) is 4.31 Å². The monoisotopic (exact) mass is 391 g/mol. The van der Waals surface area contributed by atoms with E-state index < -0.39 is 16.0 Å². The maximum Gasteiger partial charge on any atom is 0.340 e. The highest BCUT2D eigenvalue weighted by Crippen LogP contribution is 2.29. The van der Waals surface area contributed by atoms with E-state index in [0.29, 0.717) is 10.4 Å². The van der Waals surface area contributed by atoms with Gasteiger partial charge in [0.2, 0.25) is 10.0 Å². The topological polar surface area (TPSA) is 101 Å². The molecule has 0 bridgehead atoms. The third-order valence-electron chi connectivity index (χ3n) is 3.09. The summed E-state index contributed by atoms with van der Waals surface area (Å²) in [6.07, 6.45) is 0. The first-order valence-electron chi connectivity index (χ1n) is 6.18. The average molecular weight is 392 g/mol. The second-order valence-electron chi connectivity index (χ2n) is 4.69. The summed E-state index contributed by atoms with van der Waals surface area (Å²) in [5, 5.41) is 9.23. The number of hydrogen-bond donors (Lipinski definition) is 1. The molecule has 0 atom stereocenters. The van der Waals surface area contributed by atoms with E-state index in [1.54, 1.807) is 12.1 Å². The second-order valence-corrected chi connectivity index (χ2v) is 7.45. The van der Waals surface area contributed by atoms with Crippen molar-refractivity contribution in [2.45, 2.75) is 25.3 Å². The lowest BCUT2D eigenvalue weighted by molar-refractivity contribution is 0.0691. The van der Waals surface area contributed by atoms with E-state index in [4.69, 9.17) is 8.83 Å². The first kappa shape index (κ1) is 16.8. The fourth-order valence-corrected chi connectivity index (χ4v) is 3.96. The molecule has 0 amide bonds. The first-order valence-corrected chi connectivity index (χ1v) is 8.41. The molecule has 2 heterocycles. The molecule has 0 fully saturated rings.